The maximum atomic E-state index is 6.12. The lowest BCUT2D eigenvalue weighted by Crippen LogP contribution is -1.95. The maximum absolute atomic E-state index is 6.12. The number of rotatable bonds is 2. The number of hydrogen-bond donors (Lipinski definition) is 0. The Labute approximate surface area is 110 Å². The molecule has 4 heteroatoms. The molecule has 0 N–H and O–H groups in total. The van der Waals surface area contributed by atoms with E-state index in [-0.39, 0.29) is 0 Å². The van der Waals surface area contributed by atoms with Gasteiger partial charge in [0.2, 0.25) is 5.28 Å². The lowest BCUT2D eigenvalue weighted by atomic mass is 10.2. The minimum Gasteiger partial charge on any atom is -0.203 e. The molecule has 0 aliphatic rings. The summed E-state index contributed by atoms with van der Waals surface area (Å²) in [6.45, 7) is 0. The van der Waals surface area contributed by atoms with Gasteiger partial charge < -0.3 is 0 Å². The molecule has 0 amide bonds. The standard InChI is InChI=1S/C14H10ClN3/c15-14-16-13(11-7-3-1-4-8-11)17-18(14)12-9-5-2-6-10-12/h1-10H. The van der Waals surface area contributed by atoms with Crippen LogP contribution in [0.5, 0.6) is 0 Å². The monoisotopic (exact) mass is 255 g/mol. The molecular formula is C14H10ClN3. The Morgan fingerprint density at radius 2 is 1.44 bits per heavy atom. The third-order valence-electron chi connectivity index (χ3n) is 2.60. The van der Waals surface area contributed by atoms with Crippen molar-refractivity contribution in [2.45, 2.75) is 0 Å². The quantitative estimate of drug-likeness (QED) is 0.701. The van der Waals surface area contributed by atoms with Crippen LogP contribution in [0.1, 0.15) is 0 Å². The van der Waals surface area contributed by atoms with E-state index in [0.717, 1.165) is 11.3 Å². The van der Waals surface area contributed by atoms with E-state index in [4.69, 9.17) is 11.6 Å². The van der Waals surface area contributed by atoms with Crippen LogP contribution in [0, 0.1) is 0 Å². The molecule has 3 aromatic rings. The first-order valence-corrected chi connectivity index (χ1v) is 5.96. The van der Waals surface area contributed by atoms with Crippen LogP contribution in [0.4, 0.5) is 0 Å². The first-order valence-electron chi connectivity index (χ1n) is 5.58. The number of aromatic nitrogens is 3. The molecule has 3 nitrogen and oxygen atoms in total. The molecule has 18 heavy (non-hydrogen) atoms. The Bertz CT molecular complexity index is 647. The van der Waals surface area contributed by atoms with Crippen molar-refractivity contribution in [1.29, 1.82) is 0 Å². The van der Waals surface area contributed by atoms with Gasteiger partial charge in [-0.1, -0.05) is 48.5 Å². The Balaban J connectivity index is 2.07. The average Bonchev–Trinajstić information content (AvgIpc) is 2.83. The predicted molar refractivity (Wildman–Crippen MR) is 71.8 cm³/mol. The normalized spacial score (nSPS) is 10.5. The zero-order valence-corrected chi connectivity index (χ0v) is 10.2. The molecule has 0 aliphatic carbocycles. The van der Waals surface area contributed by atoms with E-state index in [2.05, 4.69) is 10.1 Å². The summed E-state index contributed by atoms with van der Waals surface area (Å²) in [5.41, 5.74) is 1.85. The fraction of sp³-hybridized carbons (Fsp3) is 0. The van der Waals surface area contributed by atoms with Crippen LogP contribution in [0.2, 0.25) is 5.28 Å². The van der Waals surface area contributed by atoms with E-state index in [1.165, 1.54) is 0 Å². The van der Waals surface area contributed by atoms with E-state index in [1.807, 2.05) is 60.7 Å². The van der Waals surface area contributed by atoms with Crippen molar-refractivity contribution < 1.29 is 0 Å². The largest absolute Gasteiger partial charge is 0.226 e. The summed E-state index contributed by atoms with van der Waals surface area (Å²) in [6.07, 6.45) is 0. The highest BCUT2D eigenvalue weighted by atomic mass is 35.5. The van der Waals surface area contributed by atoms with Gasteiger partial charge in [0.25, 0.3) is 0 Å². The van der Waals surface area contributed by atoms with Gasteiger partial charge in [-0.3, -0.25) is 0 Å². The van der Waals surface area contributed by atoms with Gasteiger partial charge in [-0.05, 0) is 23.7 Å². The minimum absolute atomic E-state index is 0.361. The number of para-hydroxylation sites is 1. The van der Waals surface area contributed by atoms with Crippen molar-refractivity contribution in [3.8, 4) is 17.1 Å². The Hall–Kier alpha value is -2.13. The molecular weight excluding hydrogens is 246 g/mol. The molecule has 1 heterocycles. The Morgan fingerprint density at radius 1 is 0.833 bits per heavy atom. The second-order valence-electron chi connectivity index (χ2n) is 3.82. The summed E-state index contributed by atoms with van der Waals surface area (Å²) in [5.74, 6) is 0.629. The van der Waals surface area contributed by atoms with Crippen LogP contribution in [-0.4, -0.2) is 14.8 Å². The van der Waals surface area contributed by atoms with Crippen molar-refractivity contribution in [2.75, 3.05) is 0 Å². The van der Waals surface area contributed by atoms with E-state index in [1.54, 1.807) is 4.68 Å². The number of benzene rings is 2. The number of hydrogen-bond acceptors (Lipinski definition) is 2. The summed E-state index contributed by atoms with van der Waals surface area (Å²) in [6, 6.07) is 19.5. The first kappa shape index (κ1) is 11.0. The highest BCUT2D eigenvalue weighted by Crippen LogP contribution is 2.20. The predicted octanol–water partition coefficient (Wildman–Crippen LogP) is 3.59. The molecule has 0 spiro atoms. The van der Waals surface area contributed by atoms with Crippen LogP contribution in [0.15, 0.2) is 60.7 Å². The fourth-order valence-electron chi connectivity index (χ4n) is 1.74. The SMILES string of the molecule is Clc1nc(-c2ccccc2)nn1-c1ccccc1. The lowest BCUT2D eigenvalue weighted by Gasteiger charge is -1.99. The average molecular weight is 256 g/mol. The third kappa shape index (κ3) is 2.00. The molecule has 2 aromatic carbocycles. The van der Waals surface area contributed by atoms with Crippen LogP contribution >= 0.6 is 11.6 Å². The molecule has 0 atom stereocenters. The molecule has 0 saturated heterocycles. The molecule has 88 valence electrons. The second-order valence-corrected chi connectivity index (χ2v) is 4.16. The van der Waals surface area contributed by atoms with Crippen LogP contribution in [0.25, 0.3) is 17.1 Å². The van der Waals surface area contributed by atoms with Crippen LogP contribution in [0.3, 0.4) is 0 Å². The van der Waals surface area contributed by atoms with Gasteiger partial charge >= 0.3 is 0 Å². The van der Waals surface area contributed by atoms with E-state index in [9.17, 15) is 0 Å². The van der Waals surface area contributed by atoms with Gasteiger partial charge in [0, 0.05) is 5.56 Å². The number of nitrogens with zero attached hydrogens (tertiary/aromatic N) is 3. The summed E-state index contributed by atoms with van der Waals surface area (Å²) >= 11 is 6.12. The minimum atomic E-state index is 0.361. The van der Waals surface area contributed by atoms with E-state index >= 15 is 0 Å². The van der Waals surface area contributed by atoms with Crippen molar-refractivity contribution >= 4 is 11.6 Å². The van der Waals surface area contributed by atoms with Crippen molar-refractivity contribution in [3.63, 3.8) is 0 Å². The molecule has 1 aromatic heterocycles. The van der Waals surface area contributed by atoms with Gasteiger partial charge in [0.15, 0.2) is 5.82 Å². The summed E-state index contributed by atoms with van der Waals surface area (Å²) < 4.78 is 1.63. The zero-order valence-electron chi connectivity index (χ0n) is 9.49. The maximum Gasteiger partial charge on any atom is 0.226 e. The van der Waals surface area contributed by atoms with Crippen LogP contribution in [-0.2, 0) is 0 Å². The Morgan fingerprint density at radius 3 is 2.11 bits per heavy atom. The lowest BCUT2D eigenvalue weighted by molar-refractivity contribution is 0.883. The van der Waals surface area contributed by atoms with Gasteiger partial charge in [-0.15, -0.1) is 5.10 Å². The van der Waals surface area contributed by atoms with Gasteiger partial charge in [0.05, 0.1) is 5.69 Å². The highest BCUT2D eigenvalue weighted by molar-refractivity contribution is 6.28. The van der Waals surface area contributed by atoms with E-state index in [0.29, 0.717) is 11.1 Å². The first-order chi connectivity index (χ1) is 8.84. The second kappa shape index (κ2) is 4.63. The topological polar surface area (TPSA) is 30.7 Å². The summed E-state index contributed by atoms with van der Waals surface area (Å²) in [5, 5.41) is 4.79. The zero-order chi connectivity index (χ0) is 12.4. The Kier molecular flexibility index (Phi) is 2.82. The molecule has 0 fully saturated rings. The van der Waals surface area contributed by atoms with Crippen molar-refractivity contribution in [3.05, 3.63) is 65.9 Å². The highest BCUT2D eigenvalue weighted by Gasteiger charge is 2.10. The molecule has 0 unspecified atom stereocenters. The van der Waals surface area contributed by atoms with Gasteiger partial charge in [-0.25, -0.2) is 4.68 Å². The fourth-order valence-corrected chi connectivity index (χ4v) is 1.95. The molecule has 0 aliphatic heterocycles. The van der Waals surface area contributed by atoms with Crippen molar-refractivity contribution in [2.24, 2.45) is 0 Å². The van der Waals surface area contributed by atoms with E-state index < -0.39 is 0 Å². The molecule has 0 bridgehead atoms. The van der Waals surface area contributed by atoms with Crippen molar-refractivity contribution in [1.82, 2.24) is 14.8 Å². The summed E-state index contributed by atoms with van der Waals surface area (Å²) in [7, 11) is 0. The molecule has 0 radical (unpaired) electrons. The molecule has 0 saturated carbocycles. The summed E-state index contributed by atoms with van der Waals surface area (Å²) in [4.78, 5) is 4.27. The van der Waals surface area contributed by atoms with Gasteiger partial charge in [-0.2, -0.15) is 4.98 Å². The van der Waals surface area contributed by atoms with Crippen LogP contribution < -0.4 is 0 Å². The third-order valence-corrected chi connectivity index (χ3v) is 2.85. The smallest absolute Gasteiger partial charge is 0.203 e. The van der Waals surface area contributed by atoms with Gasteiger partial charge in [0.1, 0.15) is 0 Å². The number of halogens is 1. The molecule has 3 rings (SSSR count).